The zero-order chi connectivity index (χ0) is 18.7. The van der Waals surface area contributed by atoms with Crippen molar-refractivity contribution in [2.45, 2.75) is 6.42 Å². The minimum atomic E-state index is -1.32. The molecule has 1 aliphatic heterocycles. The maximum Gasteiger partial charge on any atom is 0.229 e. The van der Waals surface area contributed by atoms with Crippen molar-refractivity contribution in [1.82, 2.24) is 0 Å². The van der Waals surface area contributed by atoms with Crippen LogP contribution in [0.15, 0.2) is 48.5 Å². The summed E-state index contributed by atoms with van der Waals surface area (Å²) in [5.74, 6) is -1.70. The van der Waals surface area contributed by atoms with Crippen molar-refractivity contribution < 1.29 is 24.2 Å². The minimum Gasteiger partial charge on any atom is -0.545 e. The molecule has 0 bridgehead atoms. The van der Waals surface area contributed by atoms with Crippen LogP contribution in [-0.4, -0.2) is 31.4 Å². The van der Waals surface area contributed by atoms with Crippen molar-refractivity contribution in [2.75, 3.05) is 23.9 Å². The molecule has 2 amide bonds. The quantitative estimate of drug-likeness (QED) is 0.866. The molecule has 0 radical (unpaired) electrons. The Balaban J connectivity index is 1.71. The molecule has 0 aromatic heterocycles. The number of nitrogens with one attached hydrogen (secondary N) is 1. The summed E-state index contributed by atoms with van der Waals surface area (Å²) >= 11 is 0. The third-order valence-corrected chi connectivity index (χ3v) is 4.23. The second kappa shape index (κ2) is 7.26. The molecule has 134 valence electrons. The number of carbonyl (C=O) groups is 3. The van der Waals surface area contributed by atoms with Gasteiger partial charge in [0.05, 0.1) is 19.0 Å². The lowest BCUT2D eigenvalue weighted by molar-refractivity contribution is -0.255. The average Bonchev–Trinajstić information content (AvgIpc) is 3.04. The molecule has 26 heavy (non-hydrogen) atoms. The lowest BCUT2D eigenvalue weighted by Gasteiger charge is -2.17. The van der Waals surface area contributed by atoms with Crippen LogP contribution in [0.2, 0.25) is 0 Å². The predicted molar refractivity (Wildman–Crippen MR) is 92.9 cm³/mol. The highest BCUT2D eigenvalue weighted by atomic mass is 16.5. The standard InChI is InChI=1S/C19H18N2O5/c1-26-16-7-3-6-15(10-16)21-11-13(9-17(21)22)18(23)20-14-5-2-4-12(8-14)19(24)25/h2-8,10,13H,9,11H2,1H3,(H,20,23)(H,24,25)/p-1/t13-/m1/s1. The number of carboxylic acid groups (broad SMARTS) is 1. The van der Waals surface area contributed by atoms with Crippen LogP contribution in [0.1, 0.15) is 16.8 Å². The normalized spacial score (nSPS) is 16.4. The number of hydrogen-bond donors (Lipinski definition) is 1. The number of carboxylic acids is 1. The van der Waals surface area contributed by atoms with Gasteiger partial charge in [-0.2, -0.15) is 0 Å². The van der Waals surface area contributed by atoms with E-state index in [9.17, 15) is 19.5 Å². The number of rotatable bonds is 5. The summed E-state index contributed by atoms with van der Waals surface area (Å²) < 4.78 is 5.16. The lowest BCUT2D eigenvalue weighted by Crippen LogP contribution is -2.28. The summed E-state index contributed by atoms with van der Waals surface area (Å²) in [4.78, 5) is 37.2. The molecule has 2 aromatic rings. The van der Waals surface area contributed by atoms with Crippen molar-refractivity contribution in [3.63, 3.8) is 0 Å². The second-order valence-corrected chi connectivity index (χ2v) is 5.96. The van der Waals surface area contributed by atoms with Crippen LogP contribution in [0.25, 0.3) is 0 Å². The smallest absolute Gasteiger partial charge is 0.229 e. The van der Waals surface area contributed by atoms with Crippen LogP contribution in [0.4, 0.5) is 11.4 Å². The average molecular weight is 353 g/mol. The van der Waals surface area contributed by atoms with E-state index in [0.29, 0.717) is 17.1 Å². The van der Waals surface area contributed by atoms with Crippen LogP contribution in [0.3, 0.4) is 0 Å². The Kier molecular flexibility index (Phi) is 4.88. The Labute approximate surface area is 150 Å². The van der Waals surface area contributed by atoms with Crippen molar-refractivity contribution in [3.8, 4) is 5.75 Å². The molecule has 0 unspecified atom stereocenters. The van der Waals surface area contributed by atoms with Gasteiger partial charge < -0.3 is 24.9 Å². The Bertz CT molecular complexity index is 865. The van der Waals surface area contributed by atoms with E-state index in [-0.39, 0.29) is 30.3 Å². The molecule has 1 heterocycles. The van der Waals surface area contributed by atoms with Crippen LogP contribution >= 0.6 is 0 Å². The van der Waals surface area contributed by atoms with Crippen molar-refractivity contribution in [1.29, 1.82) is 0 Å². The van der Waals surface area contributed by atoms with E-state index in [2.05, 4.69) is 5.32 Å². The third-order valence-electron chi connectivity index (χ3n) is 4.23. The van der Waals surface area contributed by atoms with Crippen LogP contribution in [0, 0.1) is 5.92 Å². The molecule has 2 aromatic carbocycles. The van der Waals surface area contributed by atoms with Gasteiger partial charge in [0.2, 0.25) is 11.8 Å². The van der Waals surface area contributed by atoms with E-state index in [4.69, 9.17) is 4.74 Å². The number of amides is 2. The summed E-state index contributed by atoms with van der Waals surface area (Å²) in [6.07, 6.45) is 0.0865. The van der Waals surface area contributed by atoms with Gasteiger partial charge in [-0.25, -0.2) is 0 Å². The zero-order valence-electron chi connectivity index (χ0n) is 14.1. The molecule has 0 aliphatic carbocycles. The minimum absolute atomic E-state index is 0.0247. The summed E-state index contributed by atoms with van der Waals surface area (Å²) in [6, 6.07) is 12.9. The van der Waals surface area contributed by atoms with E-state index in [1.165, 1.54) is 18.2 Å². The van der Waals surface area contributed by atoms with Gasteiger partial charge in [0.25, 0.3) is 0 Å². The summed E-state index contributed by atoms with van der Waals surface area (Å²) in [5.41, 5.74) is 0.996. The molecule has 3 rings (SSSR count). The van der Waals surface area contributed by atoms with Gasteiger partial charge in [0, 0.05) is 30.4 Å². The van der Waals surface area contributed by atoms with Crippen molar-refractivity contribution in [3.05, 3.63) is 54.1 Å². The highest BCUT2D eigenvalue weighted by molar-refractivity contribution is 6.03. The molecule has 1 N–H and O–H groups in total. The molecule has 7 nitrogen and oxygen atoms in total. The Morgan fingerprint density at radius 1 is 1.19 bits per heavy atom. The van der Waals surface area contributed by atoms with Crippen LogP contribution < -0.4 is 20.1 Å². The predicted octanol–water partition coefficient (Wildman–Crippen LogP) is 1.05. The number of aromatic carboxylic acids is 1. The first-order chi connectivity index (χ1) is 12.5. The molecule has 1 aliphatic rings. The van der Waals surface area contributed by atoms with Crippen LogP contribution in [0.5, 0.6) is 5.75 Å². The molecule has 7 heteroatoms. The number of ether oxygens (including phenoxy) is 1. The molecule has 1 saturated heterocycles. The molecular weight excluding hydrogens is 336 g/mol. The summed E-state index contributed by atoms with van der Waals surface area (Å²) in [5, 5.41) is 13.6. The second-order valence-electron chi connectivity index (χ2n) is 5.96. The number of hydrogen-bond acceptors (Lipinski definition) is 5. The van der Waals surface area contributed by atoms with E-state index in [1.807, 2.05) is 0 Å². The monoisotopic (exact) mass is 353 g/mol. The third kappa shape index (κ3) is 3.66. The SMILES string of the molecule is COc1cccc(N2C[C@H](C(=O)Nc3cccc(C(=O)[O-])c3)CC2=O)c1. The molecular formula is C19H17N2O5-. The number of anilines is 2. The Morgan fingerprint density at radius 2 is 1.96 bits per heavy atom. The van der Waals surface area contributed by atoms with Gasteiger partial charge in [-0.1, -0.05) is 18.2 Å². The van der Waals surface area contributed by atoms with Gasteiger partial charge in [-0.3, -0.25) is 9.59 Å². The van der Waals surface area contributed by atoms with Gasteiger partial charge >= 0.3 is 0 Å². The number of methoxy groups -OCH3 is 1. The Morgan fingerprint density at radius 3 is 2.69 bits per heavy atom. The molecule has 0 saturated carbocycles. The van der Waals surface area contributed by atoms with E-state index < -0.39 is 11.9 Å². The zero-order valence-corrected chi connectivity index (χ0v) is 14.1. The fourth-order valence-corrected chi connectivity index (χ4v) is 2.88. The van der Waals surface area contributed by atoms with E-state index >= 15 is 0 Å². The van der Waals surface area contributed by atoms with Crippen molar-refractivity contribution in [2.24, 2.45) is 5.92 Å². The number of nitrogens with zero attached hydrogens (tertiary/aromatic N) is 1. The summed E-state index contributed by atoms with van der Waals surface area (Å²) in [6.45, 7) is 0.248. The lowest BCUT2D eigenvalue weighted by atomic mass is 10.1. The van der Waals surface area contributed by atoms with E-state index in [1.54, 1.807) is 42.3 Å². The number of benzene rings is 2. The van der Waals surface area contributed by atoms with Gasteiger partial charge in [0.15, 0.2) is 0 Å². The van der Waals surface area contributed by atoms with E-state index in [0.717, 1.165) is 0 Å². The molecule has 1 fully saturated rings. The summed E-state index contributed by atoms with van der Waals surface area (Å²) in [7, 11) is 1.54. The number of carbonyl (C=O) groups excluding carboxylic acids is 3. The van der Waals surface area contributed by atoms with Crippen molar-refractivity contribution >= 4 is 29.2 Å². The maximum atomic E-state index is 12.5. The fraction of sp³-hybridized carbons (Fsp3) is 0.211. The highest BCUT2D eigenvalue weighted by Crippen LogP contribution is 2.28. The first kappa shape index (κ1) is 17.5. The first-order valence-corrected chi connectivity index (χ1v) is 8.04. The maximum absolute atomic E-state index is 12.5. The topological polar surface area (TPSA) is 98.8 Å². The van der Waals surface area contributed by atoms with Gasteiger partial charge in [-0.15, -0.1) is 0 Å². The first-order valence-electron chi connectivity index (χ1n) is 8.04. The van der Waals surface area contributed by atoms with Gasteiger partial charge in [-0.05, 0) is 29.8 Å². The van der Waals surface area contributed by atoms with Crippen LogP contribution in [-0.2, 0) is 9.59 Å². The molecule has 1 atom stereocenters. The van der Waals surface area contributed by atoms with Gasteiger partial charge in [0.1, 0.15) is 5.75 Å². The molecule has 0 spiro atoms. The highest BCUT2D eigenvalue weighted by Gasteiger charge is 2.35. The fourth-order valence-electron chi connectivity index (χ4n) is 2.88. The largest absolute Gasteiger partial charge is 0.545 e. The Hall–Kier alpha value is -3.35.